The molecule has 1 aliphatic heterocycles. The Hall–Kier alpha value is -3.22. The molecule has 0 saturated carbocycles. The molecule has 0 aromatic carbocycles. The molecule has 2 rings (SSSR count). The fraction of sp³-hybridized carbons (Fsp3) is 0.364. The van der Waals surface area contributed by atoms with Crippen LogP contribution in [0.3, 0.4) is 0 Å². The average molecular weight is 399 g/mol. The van der Waals surface area contributed by atoms with Gasteiger partial charge in [0.2, 0.25) is 0 Å². The van der Waals surface area contributed by atoms with Crippen molar-refractivity contribution in [3.05, 3.63) is 71.8 Å². The highest BCUT2D eigenvalue weighted by molar-refractivity contribution is 5.77. The molecule has 156 valence electrons. The molecule has 2 N–H and O–H groups in total. The summed E-state index contributed by atoms with van der Waals surface area (Å²) in [6, 6.07) is -0.341. The Kier molecular flexibility index (Phi) is 7.09. The summed E-state index contributed by atoms with van der Waals surface area (Å²) in [7, 11) is 1.30. The van der Waals surface area contributed by atoms with Crippen LogP contribution in [0.15, 0.2) is 71.8 Å². The van der Waals surface area contributed by atoms with Crippen molar-refractivity contribution in [2.75, 3.05) is 13.7 Å². The van der Waals surface area contributed by atoms with E-state index >= 15 is 0 Å². The Bertz CT molecular complexity index is 833. The first kappa shape index (κ1) is 22.1. The molecule has 0 aromatic rings. The Morgan fingerprint density at radius 3 is 2.62 bits per heavy atom. The molecular formula is C22H29N3O4. The van der Waals surface area contributed by atoms with Gasteiger partial charge in [-0.2, -0.15) is 0 Å². The first-order valence-electron chi connectivity index (χ1n) is 9.44. The number of nitrogens with two attached hydrogens (primary N) is 1. The zero-order valence-corrected chi connectivity index (χ0v) is 17.5. The largest absolute Gasteiger partial charge is 0.452 e. The predicted octanol–water partition coefficient (Wildman–Crippen LogP) is 3.99. The highest BCUT2D eigenvalue weighted by Crippen LogP contribution is 2.31. The van der Waals surface area contributed by atoms with E-state index in [4.69, 9.17) is 15.2 Å². The van der Waals surface area contributed by atoms with Crippen LogP contribution in [0.4, 0.5) is 9.59 Å². The third-order valence-corrected chi connectivity index (χ3v) is 4.54. The lowest BCUT2D eigenvalue weighted by Gasteiger charge is -2.41. The van der Waals surface area contributed by atoms with Crippen molar-refractivity contribution < 1.29 is 19.1 Å². The van der Waals surface area contributed by atoms with Crippen molar-refractivity contribution in [1.29, 1.82) is 0 Å². The summed E-state index contributed by atoms with van der Waals surface area (Å²) in [5, 5.41) is 0. The van der Waals surface area contributed by atoms with E-state index < -0.39 is 12.2 Å². The lowest BCUT2D eigenvalue weighted by atomic mass is 10.0. The number of ether oxygens (including phenoxy) is 2. The van der Waals surface area contributed by atoms with Crippen molar-refractivity contribution in [2.45, 2.75) is 39.3 Å². The van der Waals surface area contributed by atoms with Gasteiger partial charge in [-0.1, -0.05) is 37.5 Å². The van der Waals surface area contributed by atoms with Crippen molar-refractivity contribution in [2.24, 2.45) is 5.73 Å². The predicted molar refractivity (Wildman–Crippen MR) is 113 cm³/mol. The number of piperazine rings is 1. The topological polar surface area (TPSA) is 85.1 Å². The number of allylic oxidation sites excluding steroid dienone is 7. The van der Waals surface area contributed by atoms with E-state index in [1.165, 1.54) is 16.9 Å². The molecule has 1 saturated heterocycles. The van der Waals surface area contributed by atoms with Gasteiger partial charge in [-0.25, -0.2) is 9.59 Å². The summed E-state index contributed by atoms with van der Waals surface area (Å²) < 4.78 is 10.3. The van der Waals surface area contributed by atoms with Crippen LogP contribution in [0.1, 0.15) is 27.2 Å². The first-order chi connectivity index (χ1) is 13.7. The molecule has 1 aliphatic carbocycles. The average Bonchev–Trinajstić information content (AvgIpc) is 2.87. The zero-order chi connectivity index (χ0) is 21.7. The van der Waals surface area contributed by atoms with Crippen LogP contribution in [0.25, 0.3) is 0 Å². The number of carbonyl (C=O) groups is 2. The quantitative estimate of drug-likeness (QED) is 0.776. The van der Waals surface area contributed by atoms with Gasteiger partial charge in [0.05, 0.1) is 37.2 Å². The van der Waals surface area contributed by atoms with Gasteiger partial charge in [0, 0.05) is 17.7 Å². The molecule has 2 amide bonds. The van der Waals surface area contributed by atoms with Crippen molar-refractivity contribution in [3.8, 4) is 0 Å². The van der Waals surface area contributed by atoms with Gasteiger partial charge in [0.25, 0.3) is 0 Å². The standard InChI is InChI=1S/C22H29N3O4/c1-14(2)29-21(26)24-13-16(4)25(22(27)28-6)17(5)20(24)12-15(3)18-10-8-7-9-11-19(18)23/h7-10,12,14,16H,3,5,11,13,23H2,1-2,4,6H3/b20-12+. The SMILES string of the molecule is C=C(/C=C1\C(=C)N(C(=O)OC)C(C)CN1C(=O)OC(C)C)C1=C(N)CC=CC=C1. The Morgan fingerprint density at radius 1 is 1.31 bits per heavy atom. The minimum Gasteiger partial charge on any atom is -0.452 e. The lowest BCUT2D eigenvalue weighted by molar-refractivity contribution is 0.0647. The Morgan fingerprint density at radius 2 is 2.00 bits per heavy atom. The maximum absolute atomic E-state index is 12.7. The molecule has 1 heterocycles. The van der Waals surface area contributed by atoms with E-state index in [0.717, 1.165) is 5.57 Å². The first-order valence-corrected chi connectivity index (χ1v) is 9.44. The summed E-state index contributed by atoms with van der Waals surface area (Å²) >= 11 is 0. The summed E-state index contributed by atoms with van der Waals surface area (Å²) in [4.78, 5) is 27.9. The van der Waals surface area contributed by atoms with Gasteiger partial charge in [-0.3, -0.25) is 9.80 Å². The van der Waals surface area contributed by atoms with Crippen molar-refractivity contribution in [3.63, 3.8) is 0 Å². The van der Waals surface area contributed by atoms with Crippen LogP contribution < -0.4 is 5.73 Å². The highest BCUT2D eigenvalue weighted by atomic mass is 16.6. The lowest BCUT2D eigenvalue weighted by Crippen LogP contribution is -2.53. The third kappa shape index (κ3) is 4.99. The molecule has 0 bridgehead atoms. The van der Waals surface area contributed by atoms with E-state index in [9.17, 15) is 9.59 Å². The maximum Gasteiger partial charge on any atom is 0.414 e. The summed E-state index contributed by atoms with van der Waals surface area (Å²) in [6.45, 7) is 13.7. The molecule has 1 unspecified atom stereocenters. The molecule has 7 heteroatoms. The molecule has 1 fully saturated rings. The molecule has 29 heavy (non-hydrogen) atoms. The molecular weight excluding hydrogens is 370 g/mol. The molecule has 2 aliphatic rings. The zero-order valence-electron chi connectivity index (χ0n) is 17.5. The summed E-state index contributed by atoms with van der Waals surface area (Å²) in [6.07, 6.45) is 8.54. The number of rotatable bonds is 3. The van der Waals surface area contributed by atoms with Gasteiger partial charge < -0.3 is 15.2 Å². The van der Waals surface area contributed by atoms with E-state index in [2.05, 4.69) is 13.2 Å². The second-order valence-electron chi connectivity index (χ2n) is 7.16. The van der Waals surface area contributed by atoms with Crippen LogP contribution in [0.2, 0.25) is 0 Å². The van der Waals surface area contributed by atoms with E-state index in [1.807, 2.05) is 31.2 Å². The van der Waals surface area contributed by atoms with E-state index in [0.29, 0.717) is 29.1 Å². The third-order valence-electron chi connectivity index (χ3n) is 4.54. The number of carbonyl (C=O) groups excluding carboxylic acids is 2. The molecule has 1 atom stereocenters. The maximum atomic E-state index is 12.7. The molecule has 7 nitrogen and oxygen atoms in total. The van der Waals surface area contributed by atoms with Gasteiger partial charge >= 0.3 is 12.2 Å². The summed E-state index contributed by atoms with van der Waals surface area (Å²) in [5.74, 6) is 0. The van der Waals surface area contributed by atoms with Crippen LogP contribution in [-0.2, 0) is 9.47 Å². The number of methoxy groups -OCH3 is 1. The van der Waals surface area contributed by atoms with Gasteiger partial charge in [-0.15, -0.1) is 0 Å². The van der Waals surface area contributed by atoms with Gasteiger partial charge in [-0.05, 0) is 32.4 Å². The number of amides is 2. The van der Waals surface area contributed by atoms with Crippen LogP contribution in [0.5, 0.6) is 0 Å². The van der Waals surface area contributed by atoms with Gasteiger partial charge in [0.1, 0.15) is 0 Å². The van der Waals surface area contributed by atoms with E-state index in [1.54, 1.807) is 19.9 Å². The summed E-state index contributed by atoms with van der Waals surface area (Å²) in [5.41, 5.74) is 8.93. The molecule has 0 radical (unpaired) electrons. The minimum atomic E-state index is -0.548. The number of hydrogen-bond acceptors (Lipinski definition) is 5. The second kappa shape index (κ2) is 9.32. The fourth-order valence-corrected chi connectivity index (χ4v) is 3.18. The molecule has 0 spiro atoms. The normalized spacial score (nSPS) is 20.9. The smallest absolute Gasteiger partial charge is 0.414 e. The second-order valence-corrected chi connectivity index (χ2v) is 7.16. The number of hydrogen-bond donors (Lipinski definition) is 1. The number of nitrogens with zero attached hydrogens (tertiary/aromatic N) is 2. The van der Waals surface area contributed by atoms with Crippen molar-refractivity contribution >= 4 is 12.2 Å². The molecule has 0 aromatic heterocycles. The monoisotopic (exact) mass is 399 g/mol. The van der Waals surface area contributed by atoms with Crippen LogP contribution in [0, 0.1) is 0 Å². The van der Waals surface area contributed by atoms with Crippen LogP contribution >= 0.6 is 0 Å². The van der Waals surface area contributed by atoms with E-state index in [-0.39, 0.29) is 18.7 Å². The minimum absolute atomic E-state index is 0.227. The van der Waals surface area contributed by atoms with Crippen LogP contribution in [-0.4, -0.2) is 47.8 Å². The van der Waals surface area contributed by atoms with Crippen molar-refractivity contribution in [1.82, 2.24) is 9.80 Å². The highest BCUT2D eigenvalue weighted by Gasteiger charge is 2.38. The van der Waals surface area contributed by atoms with Gasteiger partial charge in [0.15, 0.2) is 0 Å². The fourth-order valence-electron chi connectivity index (χ4n) is 3.18. The Balaban J connectivity index is 2.48. The Labute approximate surface area is 172 Å².